The largest absolute Gasteiger partial charge is 0.375 e. The zero-order valence-corrected chi connectivity index (χ0v) is 7.17. The number of nitriles is 1. The van der Waals surface area contributed by atoms with Gasteiger partial charge in [-0.2, -0.15) is 5.26 Å². The third-order valence-corrected chi connectivity index (χ3v) is 2.85. The van der Waals surface area contributed by atoms with Crippen molar-refractivity contribution in [2.24, 2.45) is 11.8 Å². The van der Waals surface area contributed by atoms with Gasteiger partial charge in [0.05, 0.1) is 6.07 Å². The van der Waals surface area contributed by atoms with Crippen molar-refractivity contribution in [3.8, 4) is 6.07 Å². The first-order valence-corrected chi connectivity index (χ1v) is 4.21. The van der Waals surface area contributed by atoms with Gasteiger partial charge in [0.1, 0.15) is 0 Å². The third-order valence-electron chi connectivity index (χ3n) is 2.85. The lowest BCUT2D eigenvalue weighted by atomic mass is 9.74. The molecular formula is C9H15NO. The Morgan fingerprint density at radius 1 is 1.45 bits per heavy atom. The van der Waals surface area contributed by atoms with E-state index in [4.69, 9.17) is 5.26 Å². The van der Waals surface area contributed by atoms with Gasteiger partial charge in [0.15, 0.2) is 5.60 Å². The first-order chi connectivity index (χ1) is 5.07. The van der Waals surface area contributed by atoms with E-state index >= 15 is 0 Å². The molecule has 0 aromatic heterocycles. The highest BCUT2D eigenvalue weighted by Crippen LogP contribution is 2.35. The third kappa shape index (κ3) is 1.72. The van der Waals surface area contributed by atoms with Crippen LogP contribution in [0.4, 0.5) is 0 Å². The minimum Gasteiger partial charge on any atom is -0.375 e. The molecule has 3 atom stereocenters. The van der Waals surface area contributed by atoms with E-state index in [-0.39, 0.29) is 0 Å². The zero-order chi connectivity index (χ0) is 8.48. The van der Waals surface area contributed by atoms with Crippen LogP contribution in [0.5, 0.6) is 0 Å². The van der Waals surface area contributed by atoms with Gasteiger partial charge in [-0.05, 0) is 31.1 Å². The molecule has 1 aliphatic carbocycles. The van der Waals surface area contributed by atoms with Crippen molar-refractivity contribution >= 4 is 0 Å². The van der Waals surface area contributed by atoms with Gasteiger partial charge >= 0.3 is 0 Å². The molecule has 2 heteroatoms. The number of hydrogen-bond acceptors (Lipinski definition) is 2. The molecule has 1 aliphatic rings. The summed E-state index contributed by atoms with van der Waals surface area (Å²) in [6, 6.07) is 1.99. The van der Waals surface area contributed by atoms with E-state index in [2.05, 4.69) is 13.8 Å². The average molecular weight is 153 g/mol. The van der Waals surface area contributed by atoms with E-state index in [0.717, 1.165) is 6.42 Å². The minimum atomic E-state index is -1.02. The highest BCUT2D eigenvalue weighted by atomic mass is 16.3. The molecular weight excluding hydrogens is 138 g/mol. The van der Waals surface area contributed by atoms with Crippen LogP contribution in [0.25, 0.3) is 0 Å². The zero-order valence-electron chi connectivity index (χ0n) is 7.17. The second-order valence-electron chi connectivity index (χ2n) is 3.84. The first-order valence-electron chi connectivity index (χ1n) is 4.21. The second-order valence-corrected chi connectivity index (χ2v) is 3.84. The summed E-state index contributed by atoms with van der Waals surface area (Å²) in [5, 5.41) is 18.3. The maximum absolute atomic E-state index is 9.61. The first kappa shape index (κ1) is 8.55. The molecule has 1 fully saturated rings. The van der Waals surface area contributed by atoms with E-state index in [0.29, 0.717) is 24.7 Å². The van der Waals surface area contributed by atoms with Crippen LogP contribution in [-0.2, 0) is 0 Å². The lowest BCUT2D eigenvalue weighted by Gasteiger charge is -2.34. The molecule has 1 saturated carbocycles. The van der Waals surface area contributed by atoms with Crippen molar-refractivity contribution in [1.82, 2.24) is 0 Å². The summed E-state index contributed by atoms with van der Waals surface area (Å²) in [6.07, 6.45) is 2.27. The van der Waals surface area contributed by atoms with Crippen molar-refractivity contribution in [2.45, 2.75) is 38.7 Å². The van der Waals surface area contributed by atoms with Crippen molar-refractivity contribution in [1.29, 1.82) is 5.26 Å². The van der Waals surface area contributed by atoms with Crippen LogP contribution < -0.4 is 0 Å². The molecule has 0 amide bonds. The van der Waals surface area contributed by atoms with E-state index in [9.17, 15) is 5.11 Å². The molecule has 0 aromatic carbocycles. The Hall–Kier alpha value is -0.550. The highest BCUT2D eigenvalue weighted by Gasteiger charge is 2.35. The molecule has 0 bridgehead atoms. The Labute approximate surface area is 67.8 Å². The van der Waals surface area contributed by atoms with Crippen LogP contribution in [0.3, 0.4) is 0 Å². The van der Waals surface area contributed by atoms with Crippen molar-refractivity contribution in [3.05, 3.63) is 0 Å². The number of hydrogen-bond donors (Lipinski definition) is 1. The molecule has 3 unspecified atom stereocenters. The van der Waals surface area contributed by atoms with Gasteiger partial charge in [0.25, 0.3) is 0 Å². The monoisotopic (exact) mass is 153 g/mol. The summed E-state index contributed by atoms with van der Waals surface area (Å²) < 4.78 is 0. The Balaban J connectivity index is 2.61. The highest BCUT2D eigenvalue weighted by molar-refractivity contribution is 5.03. The molecule has 0 saturated heterocycles. The molecule has 1 rings (SSSR count). The minimum absolute atomic E-state index is 0.480. The summed E-state index contributed by atoms with van der Waals surface area (Å²) in [4.78, 5) is 0. The maximum atomic E-state index is 9.61. The topological polar surface area (TPSA) is 44.0 Å². The van der Waals surface area contributed by atoms with E-state index < -0.39 is 5.60 Å². The summed E-state index contributed by atoms with van der Waals surface area (Å²) in [7, 11) is 0. The van der Waals surface area contributed by atoms with Crippen LogP contribution >= 0.6 is 0 Å². The smallest absolute Gasteiger partial charge is 0.151 e. The van der Waals surface area contributed by atoms with Gasteiger partial charge in [0.2, 0.25) is 0 Å². The van der Waals surface area contributed by atoms with Crippen molar-refractivity contribution < 1.29 is 5.11 Å². The predicted octanol–water partition coefficient (Wildman–Crippen LogP) is 1.70. The lowest BCUT2D eigenvalue weighted by molar-refractivity contribution is 0.0196. The number of nitrogens with zero attached hydrogens (tertiary/aromatic N) is 1. The molecule has 0 aromatic rings. The quantitative estimate of drug-likeness (QED) is 0.538. The Kier molecular flexibility index (Phi) is 2.20. The van der Waals surface area contributed by atoms with Crippen molar-refractivity contribution in [3.63, 3.8) is 0 Å². The SMILES string of the molecule is CC1CCC(O)(C#N)CC1C. The fourth-order valence-electron chi connectivity index (χ4n) is 1.69. The second kappa shape index (κ2) is 2.83. The van der Waals surface area contributed by atoms with Gasteiger partial charge in [-0.25, -0.2) is 0 Å². The van der Waals surface area contributed by atoms with Crippen molar-refractivity contribution in [2.75, 3.05) is 0 Å². The fraction of sp³-hybridized carbons (Fsp3) is 0.889. The van der Waals surface area contributed by atoms with Gasteiger partial charge < -0.3 is 5.11 Å². The molecule has 0 heterocycles. The molecule has 0 spiro atoms. The Bertz CT molecular complexity index is 184. The molecule has 2 nitrogen and oxygen atoms in total. The van der Waals surface area contributed by atoms with Crippen LogP contribution in [0.1, 0.15) is 33.1 Å². The molecule has 1 N–H and O–H groups in total. The fourth-order valence-corrected chi connectivity index (χ4v) is 1.69. The lowest BCUT2D eigenvalue weighted by Crippen LogP contribution is -2.36. The van der Waals surface area contributed by atoms with Crippen LogP contribution in [0.15, 0.2) is 0 Å². The van der Waals surface area contributed by atoms with E-state index in [1.54, 1.807) is 0 Å². The summed E-state index contributed by atoms with van der Waals surface area (Å²) in [6.45, 7) is 4.29. The molecule has 62 valence electrons. The molecule has 0 aliphatic heterocycles. The van der Waals surface area contributed by atoms with Gasteiger partial charge in [-0.3, -0.25) is 0 Å². The van der Waals surface area contributed by atoms with E-state index in [1.165, 1.54) is 0 Å². The van der Waals surface area contributed by atoms with Crippen LogP contribution in [0, 0.1) is 23.2 Å². The summed E-state index contributed by atoms with van der Waals surface area (Å²) in [5.41, 5.74) is -1.02. The van der Waals surface area contributed by atoms with Gasteiger partial charge in [-0.15, -0.1) is 0 Å². The molecule has 11 heavy (non-hydrogen) atoms. The number of rotatable bonds is 0. The normalized spacial score (nSPS) is 44.9. The standard InChI is InChI=1S/C9H15NO/c1-7-3-4-9(11,6-10)5-8(7)2/h7-8,11H,3-5H2,1-2H3. The van der Waals surface area contributed by atoms with Gasteiger partial charge in [0, 0.05) is 0 Å². The average Bonchev–Trinajstić information content (AvgIpc) is 1.98. The van der Waals surface area contributed by atoms with Gasteiger partial charge in [-0.1, -0.05) is 13.8 Å². The summed E-state index contributed by atoms with van der Waals surface area (Å²) >= 11 is 0. The molecule has 0 radical (unpaired) electrons. The summed E-state index contributed by atoms with van der Waals surface area (Å²) in [5.74, 6) is 1.14. The van der Waals surface area contributed by atoms with E-state index in [1.807, 2.05) is 6.07 Å². The Morgan fingerprint density at radius 3 is 2.55 bits per heavy atom. The van der Waals surface area contributed by atoms with Crippen LogP contribution in [-0.4, -0.2) is 10.7 Å². The number of aliphatic hydroxyl groups is 1. The predicted molar refractivity (Wildman–Crippen MR) is 42.7 cm³/mol. The maximum Gasteiger partial charge on any atom is 0.151 e. The Morgan fingerprint density at radius 2 is 2.09 bits per heavy atom. The van der Waals surface area contributed by atoms with Crippen LogP contribution in [0.2, 0.25) is 0 Å².